The van der Waals surface area contributed by atoms with Crippen molar-refractivity contribution in [3.8, 4) is 11.3 Å². The quantitative estimate of drug-likeness (QED) is 0.725. The molecule has 0 saturated heterocycles. The van der Waals surface area contributed by atoms with Crippen molar-refractivity contribution in [1.29, 1.82) is 0 Å². The monoisotopic (exact) mass is 254 g/mol. The molecule has 1 aromatic carbocycles. The van der Waals surface area contributed by atoms with Crippen LogP contribution in [0, 0.1) is 0 Å². The predicted octanol–water partition coefficient (Wildman–Crippen LogP) is 1.68. The number of fused-ring (bicyclic) bond motifs is 1. The molecule has 0 aliphatic rings. The second-order valence-corrected chi connectivity index (χ2v) is 4.05. The number of carbonyl (C=O) groups is 1. The smallest absolute Gasteiger partial charge is 0.335 e. The van der Waals surface area contributed by atoms with Crippen molar-refractivity contribution in [2.75, 3.05) is 5.73 Å². The van der Waals surface area contributed by atoms with Gasteiger partial charge in [-0.25, -0.2) is 14.3 Å². The zero-order valence-corrected chi connectivity index (χ0v) is 9.82. The topological polar surface area (TPSA) is 93.5 Å². The van der Waals surface area contributed by atoms with Crippen molar-refractivity contribution in [3.05, 3.63) is 48.3 Å². The number of carboxylic acid groups (broad SMARTS) is 1. The third kappa shape index (κ3) is 1.79. The first-order valence-electron chi connectivity index (χ1n) is 5.59. The summed E-state index contributed by atoms with van der Waals surface area (Å²) in [5.41, 5.74) is 8.22. The Morgan fingerprint density at radius 2 is 2.11 bits per heavy atom. The Bertz CT molecular complexity index is 779. The van der Waals surface area contributed by atoms with Crippen molar-refractivity contribution in [3.63, 3.8) is 0 Å². The van der Waals surface area contributed by atoms with E-state index in [0.717, 1.165) is 11.3 Å². The van der Waals surface area contributed by atoms with Crippen molar-refractivity contribution >= 4 is 17.3 Å². The van der Waals surface area contributed by atoms with E-state index in [1.165, 1.54) is 6.33 Å². The fourth-order valence-corrected chi connectivity index (χ4v) is 1.98. The molecule has 2 heterocycles. The zero-order chi connectivity index (χ0) is 13.4. The van der Waals surface area contributed by atoms with E-state index >= 15 is 0 Å². The highest BCUT2D eigenvalue weighted by atomic mass is 16.4. The first kappa shape index (κ1) is 11.2. The van der Waals surface area contributed by atoms with E-state index in [0.29, 0.717) is 11.3 Å². The average Bonchev–Trinajstić information content (AvgIpc) is 2.84. The molecule has 0 unspecified atom stereocenters. The summed E-state index contributed by atoms with van der Waals surface area (Å²) in [5.74, 6) is -0.576. The summed E-state index contributed by atoms with van der Waals surface area (Å²) < 4.78 is 1.64. The summed E-state index contributed by atoms with van der Waals surface area (Å²) in [6.45, 7) is 0. The fourth-order valence-electron chi connectivity index (χ4n) is 1.98. The lowest BCUT2D eigenvalue weighted by Crippen LogP contribution is -2.00. The molecule has 3 N–H and O–H groups in total. The van der Waals surface area contributed by atoms with Crippen LogP contribution in [0.4, 0.5) is 5.82 Å². The van der Waals surface area contributed by atoms with Gasteiger partial charge in [-0.2, -0.15) is 5.10 Å². The third-order valence-corrected chi connectivity index (χ3v) is 2.89. The molecular formula is C13H10N4O2. The molecule has 94 valence electrons. The molecule has 0 amide bonds. The molecule has 0 aliphatic heterocycles. The van der Waals surface area contributed by atoms with Gasteiger partial charge in [-0.3, -0.25) is 0 Å². The van der Waals surface area contributed by atoms with Gasteiger partial charge in [0.1, 0.15) is 11.8 Å². The minimum Gasteiger partial charge on any atom is -0.478 e. The molecule has 0 spiro atoms. The van der Waals surface area contributed by atoms with E-state index in [1.807, 2.05) is 12.1 Å². The zero-order valence-electron chi connectivity index (χ0n) is 9.82. The van der Waals surface area contributed by atoms with Crippen molar-refractivity contribution in [2.45, 2.75) is 0 Å². The minimum atomic E-state index is -0.961. The molecule has 0 radical (unpaired) electrons. The Kier molecular flexibility index (Phi) is 2.42. The van der Waals surface area contributed by atoms with Gasteiger partial charge < -0.3 is 10.8 Å². The van der Waals surface area contributed by atoms with E-state index in [1.54, 1.807) is 28.8 Å². The second-order valence-electron chi connectivity index (χ2n) is 4.05. The van der Waals surface area contributed by atoms with Crippen LogP contribution >= 0.6 is 0 Å². The van der Waals surface area contributed by atoms with Gasteiger partial charge in [0.2, 0.25) is 0 Å². The number of nitrogens with zero attached hydrogens (tertiary/aromatic N) is 3. The molecule has 0 bridgehead atoms. The predicted molar refractivity (Wildman–Crippen MR) is 69.8 cm³/mol. The minimum absolute atomic E-state index is 0.231. The Labute approximate surface area is 108 Å². The lowest BCUT2D eigenvalue weighted by atomic mass is 10.1. The first-order valence-corrected chi connectivity index (χ1v) is 5.59. The van der Waals surface area contributed by atoms with E-state index < -0.39 is 5.97 Å². The molecule has 0 fully saturated rings. The lowest BCUT2D eigenvalue weighted by Gasteiger charge is -2.04. The van der Waals surface area contributed by atoms with Gasteiger partial charge in [0.25, 0.3) is 0 Å². The summed E-state index contributed by atoms with van der Waals surface area (Å²) in [6, 6.07) is 10.3. The lowest BCUT2D eigenvalue weighted by molar-refractivity contribution is 0.0697. The molecule has 2 aromatic heterocycles. The van der Waals surface area contributed by atoms with Gasteiger partial charge >= 0.3 is 5.97 Å². The van der Waals surface area contributed by atoms with Crippen LogP contribution in [-0.4, -0.2) is 25.7 Å². The third-order valence-electron chi connectivity index (χ3n) is 2.89. The van der Waals surface area contributed by atoms with Crippen LogP contribution < -0.4 is 5.73 Å². The number of aromatic carboxylic acids is 1. The normalized spacial score (nSPS) is 10.7. The highest BCUT2D eigenvalue weighted by molar-refractivity contribution is 5.89. The van der Waals surface area contributed by atoms with Gasteiger partial charge in [-0.05, 0) is 24.3 Å². The van der Waals surface area contributed by atoms with Gasteiger partial charge in [0.15, 0.2) is 5.82 Å². The van der Waals surface area contributed by atoms with Crippen LogP contribution in [0.15, 0.2) is 42.7 Å². The highest BCUT2D eigenvalue weighted by Gasteiger charge is 2.10. The SMILES string of the molecule is Nc1ncnn2c(-c3cccc(C(=O)O)c3)ccc12. The molecule has 19 heavy (non-hydrogen) atoms. The van der Waals surface area contributed by atoms with E-state index in [4.69, 9.17) is 10.8 Å². The van der Waals surface area contributed by atoms with Crippen LogP contribution in [0.3, 0.4) is 0 Å². The largest absolute Gasteiger partial charge is 0.478 e. The second kappa shape index (κ2) is 4.09. The number of carboxylic acids is 1. The Morgan fingerprint density at radius 3 is 2.89 bits per heavy atom. The van der Waals surface area contributed by atoms with E-state index in [2.05, 4.69) is 10.1 Å². The van der Waals surface area contributed by atoms with E-state index in [-0.39, 0.29) is 5.56 Å². The maximum absolute atomic E-state index is 11.0. The van der Waals surface area contributed by atoms with Gasteiger partial charge in [0, 0.05) is 5.56 Å². The average molecular weight is 254 g/mol. The van der Waals surface area contributed by atoms with Crippen LogP contribution in [0.2, 0.25) is 0 Å². The van der Waals surface area contributed by atoms with Crippen LogP contribution in [-0.2, 0) is 0 Å². The standard InChI is InChI=1S/C13H10N4O2/c14-12-11-5-4-10(17(11)16-7-15-12)8-2-1-3-9(6-8)13(18)19/h1-7H,(H,18,19)(H2,14,15,16). The molecule has 3 aromatic rings. The van der Waals surface area contributed by atoms with Gasteiger partial charge in [-0.1, -0.05) is 12.1 Å². The maximum atomic E-state index is 11.0. The number of benzene rings is 1. The maximum Gasteiger partial charge on any atom is 0.335 e. The molecule has 0 saturated carbocycles. The van der Waals surface area contributed by atoms with Crippen LogP contribution in [0.5, 0.6) is 0 Å². The molecule has 0 atom stereocenters. The highest BCUT2D eigenvalue weighted by Crippen LogP contribution is 2.24. The van der Waals surface area contributed by atoms with Crippen molar-refractivity contribution in [2.24, 2.45) is 0 Å². The van der Waals surface area contributed by atoms with E-state index in [9.17, 15) is 4.79 Å². The molecule has 3 rings (SSSR count). The Morgan fingerprint density at radius 1 is 1.26 bits per heavy atom. The van der Waals surface area contributed by atoms with Crippen molar-refractivity contribution < 1.29 is 9.90 Å². The summed E-state index contributed by atoms with van der Waals surface area (Å²) in [5, 5.41) is 13.1. The number of nitrogen functional groups attached to an aromatic ring is 1. The number of nitrogens with two attached hydrogens (primary N) is 1. The number of hydrogen-bond acceptors (Lipinski definition) is 4. The fraction of sp³-hybridized carbons (Fsp3) is 0. The van der Waals surface area contributed by atoms with Crippen molar-refractivity contribution in [1.82, 2.24) is 14.6 Å². The molecule has 6 nitrogen and oxygen atoms in total. The number of hydrogen-bond donors (Lipinski definition) is 2. The van der Waals surface area contributed by atoms with Gasteiger partial charge in [0.05, 0.1) is 11.3 Å². The first-order chi connectivity index (χ1) is 9.16. The Balaban J connectivity index is 2.22. The summed E-state index contributed by atoms with van der Waals surface area (Å²) >= 11 is 0. The molecular weight excluding hydrogens is 244 g/mol. The molecule has 0 aliphatic carbocycles. The van der Waals surface area contributed by atoms with Gasteiger partial charge in [-0.15, -0.1) is 0 Å². The van der Waals surface area contributed by atoms with Crippen LogP contribution in [0.1, 0.15) is 10.4 Å². The summed E-state index contributed by atoms with van der Waals surface area (Å²) in [4.78, 5) is 14.9. The molecule has 6 heteroatoms. The summed E-state index contributed by atoms with van der Waals surface area (Å²) in [7, 11) is 0. The summed E-state index contributed by atoms with van der Waals surface area (Å²) in [6.07, 6.45) is 1.37. The Hall–Kier alpha value is -2.89. The number of anilines is 1. The van der Waals surface area contributed by atoms with Crippen LogP contribution in [0.25, 0.3) is 16.8 Å². The number of rotatable bonds is 2. The number of aromatic nitrogens is 3.